The first-order valence-corrected chi connectivity index (χ1v) is 8.07. The third kappa shape index (κ3) is 3.38. The molecule has 1 aliphatic heterocycles. The van der Waals surface area contributed by atoms with Gasteiger partial charge in [0, 0.05) is 30.5 Å². The van der Waals surface area contributed by atoms with E-state index in [4.69, 9.17) is 5.73 Å². The standard InChI is InChI=1S/C16H22N6O2/c1-10-7-11(2)22-15(19-10)13(8-18-22)16(24)20-12-3-5-21(6-4-12)9-14(17)23/h7-8,12H,3-6,9H2,1-2H3,(H2,17,23)(H,20,24). The molecule has 2 aromatic rings. The van der Waals surface area contributed by atoms with E-state index in [0.29, 0.717) is 11.2 Å². The molecule has 24 heavy (non-hydrogen) atoms. The summed E-state index contributed by atoms with van der Waals surface area (Å²) in [6.07, 6.45) is 3.15. The van der Waals surface area contributed by atoms with E-state index < -0.39 is 0 Å². The Labute approximate surface area is 140 Å². The van der Waals surface area contributed by atoms with Crippen LogP contribution in [0.15, 0.2) is 12.3 Å². The quantitative estimate of drug-likeness (QED) is 0.822. The van der Waals surface area contributed by atoms with Crippen LogP contribution < -0.4 is 11.1 Å². The van der Waals surface area contributed by atoms with Crippen LogP contribution in [0.3, 0.4) is 0 Å². The molecule has 0 radical (unpaired) electrons. The van der Waals surface area contributed by atoms with E-state index in [-0.39, 0.29) is 24.4 Å². The van der Waals surface area contributed by atoms with Gasteiger partial charge in [0.25, 0.3) is 5.91 Å². The van der Waals surface area contributed by atoms with Gasteiger partial charge in [0.05, 0.1) is 12.7 Å². The highest BCUT2D eigenvalue weighted by Gasteiger charge is 2.23. The second-order valence-corrected chi connectivity index (χ2v) is 6.32. The zero-order valence-electron chi connectivity index (χ0n) is 14.0. The van der Waals surface area contributed by atoms with Gasteiger partial charge < -0.3 is 11.1 Å². The van der Waals surface area contributed by atoms with Crippen LogP contribution in [0.5, 0.6) is 0 Å². The van der Waals surface area contributed by atoms with Crippen LogP contribution in [-0.4, -0.2) is 57.0 Å². The Balaban J connectivity index is 1.67. The molecule has 0 unspecified atom stereocenters. The van der Waals surface area contributed by atoms with Crippen molar-refractivity contribution in [3.05, 3.63) is 29.2 Å². The van der Waals surface area contributed by atoms with Crippen LogP contribution in [0.2, 0.25) is 0 Å². The number of rotatable bonds is 4. The normalized spacial score (nSPS) is 16.4. The number of nitrogens with one attached hydrogen (secondary N) is 1. The lowest BCUT2D eigenvalue weighted by molar-refractivity contribution is -0.119. The van der Waals surface area contributed by atoms with Crippen molar-refractivity contribution in [1.29, 1.82) is 0 Å². The number of likely N-dealkylation sites (tertiary alicyclic amines) is 1. The smallest absolute Gasteiger partial charge is 0.256 e. The third-order valence-corrected chi connectivity index (χ3v) is 4.32. The number of aryl methyl sites for hydroxylation is 2. The van der Waals surface area contributed by atoms with Crippen molar-refractivity contribution in [2.24, 2.45) is 5.73 Å². The Morgan fingerprint density at radius 3 is 2.71 bits per heavy atom. The molecule has 1 fully saturated rings. The van der Waals surface area contributed by atoms with E-state index in [9.17, 15) is 9.59 Å². The second kappa shape index (κ2) is 6.56. The number of carbonyl (C=O) groups is 2. The Hall–Kier alpha value is -2.48. The van der Waals surface area contributed by atoms with Crippen LogP contribution in [0.1, 0.15) is 34.6 Å². The Kier molecular flexibility index (Phi) is 4.48. The highest BCUT2D eigenvalue weighted by atomic mass is 16.2. The van der Waals surface area contributed by atoms with E-state index in [1.165, 1.54) is 0 Å². The number of aromatic nitrogens is 3. The summed E-state index contributed by atoms with van der Waals surface area (Å²) in [6, 6.07) is 2.01. The van der Waals surface area contributed by atoms with Gasteiger partial charge in [0.2, 0.25) is 5.91 Å². The average molecular weight is 330 g/mol. The maximum atomic E-state index is 12.6. The molecular weight excluding hydrogens is 308 g/mol. The molecule has 3 rings (SSSR count). The van der Waals surface area contributed by atoms with Gasteiger partial charge in [0.1, 0.15) is 5.56 Å². The van der Waals surface area contributed by atoms with Crippen molar-refractivity contribution in [3.8, 4) is 0 Å². The number of hydrogen-bond acceptors (Lipinski definition) is 5. The number of nitrogens with two attached hydrogens (primary N) is 1. The number of amides is 2. The molecule has 2 amide bonds. The van der Waals surface area contributed by atoms with Crippen LogP contribution in [-0.2, 0) is 4.79 Å². The summed E-state index contributed by atoms with van der Waals surface area (Å²) in [5.74, 6) is -0.475. The summed E-state index contributed by atoms with van der Waals surface area (Å²) < 4.78 is 1.68. The van der Waals surface area contributed by atoms with Gasteiger partial charge in [-0.2, -0.15) is 5.10 Å². The molecular formula is C16H22N6O2. The van der Waals surface area contributed by atoms with Crippen LogP contribution >= 0.6 is 0 Å². The maximum absolute atomic E-state index is 12.6. The minimum atomic E-state index is -0.319. The zero-order chi connectivity index (χ0) is 17.3. The molecule has 0 spiro atoms. The number of hydrogen-bond donors (Lipinski definition) is 2. The van der Waals surface area contributed by atoms with E-state index in [0.717, 1.165) is 37.3 Å². The first-order chi connectivity index (χ1) is 11.4. The lowest BCUT2D eigenvalue weighted by Crippen LogP contribution is -2.46. The van der Waals surface area contributed by atoms with Crippen molar-refractivity contribution in [2.75, 3.05) is 19.6 Å². The van der Waals surface area contributed by atoms with E-state index in [1.807, 2.05) is 24.8 Å². The van der Waals surface area contributed by atoms with Crippen LogP contribution in [0.25, 0.3) is 5.65 Å². The van der Waals surface area contributed by atoms with Crippen molar-refractivity contribution in [1.82, 2.24) is 24.8 Å². The predicted molar refractivity (Wildman–Crippen MR) is 88.6 cm³/mol. The molecule has 0 atom stereocenters. The molecule has 3 N–H and O–H groups in total. The monoisotopic (exact) mass is 330 g/mol. The van der Waals surface area contributed by atoms with Crippen molar-refractivity contribution >= 4 is 17.5 Å². The second-order valence-electron chi connectivity index (χ2n) is 6.32. The van der Waals surface area contributed by atoms with E-state index >= 15 is 0 Å². The van der Waals surface area contributed by atoms with Crippen LogP contribution in [0, 0.1) is 13.8 Å². The third-order valence-electron chi connectivity index (χ3n) is 4.32. The summed E-state index contributed by atoms with van der Waals surface area (Å²) in [4.78, 5) is 30.0. The van der Waals surface area contributed by atoms with Crippen LogP contribution in [0.4, 0.5) is 0 Å². The largest absolute Gasteiger partial charge is 0.369 e. The van der Waals surface area contributed by atoms with Crippen molar-refractivity contribution < 1.29 is 9.59 Å². The molecule has 2 aromatic heterocycles. The maximum Gasteiger partial charge on any atom is 0.256 e. The predicted octanol–water partition coefficient (Wildman–Crippen LogP) is 0.0256. The molecule has 0 bridgehead atoms. The summed E-state index contributed by atoms with van der Waals surface area (Å²) in [7, 11) is 0. The van der Waals surface area contributed by atoms with Gasteiger partial charge in [-0.3, -0.25) is 14.5 Å². The zero-order valence-corrected chi connectivity index (χ0v) is 14.0. The van der Waals surface area contributed by atoms with Gasteiger partial charge >= 0.3 is 0 Å². The minimum Gasteiger partial charge on any atom is -0.369 e. The number of piperidine rings is 1. The molecule has 0 aromatic carbocycles. The van der Waals surface area contributed by atoms with E-state index in [1.54, 1.807) is 10.7 Å². The number of carbonyl (C=O) groups excluding carboxylic acids is 2. The highest BCUT2D eigenvalue weighted by Crippen LogP contribution is 2.14. The first kappa shape index (κ1) is 16.4. The fourth-order valence-corrected chi connectivity index (χ4v) is 3.15. The fraction of sp³-hybridized carbons (Fsp3) is 0.500. The Bertz CT molecular complexity index is 776. The average Bonchev–Trinajstić information content (AvgIpc) is 2.93. The van der Waals surface area contributed by atoms with Gasteiger partial charge in [0.15, 0.2) is 5.65 Å². The SMILES string of the molecule is Cc1cc(C)n2ncc(C(=O)NC3CCN(CC(N)=O)CC3)c2n1. The lowest BCUT2D eigenvalue weighted by Gasteiger charge is -2.31. The lowest BCUT2D eigenvalue weighted by atomic mass is 10.0. The molecule has 8 nitrogen and oxygen atoms in total. The number of nitrogens with zero attached hydrogens (tertiary/aromatic N) is 4. The topological polar surface area (TPSA) is 106 Å². The van der Waals surface area contributed by atoms with Crippen molar-refractivity contribution in [2.45, 2.75) is 32.7 Å². The van der Waals surface area contributed by atoms with E-state index in [2.05, 4.69) is 15.4 Å². The molecule has 0 saturated carbocycles. The summed E-state index contributed by atoms with van der Waals surface area (Å²) in [6.45, 7) is 5.61. The number of primary amides is 1. The fourth-order valence-electron chi connectivity index (χ4n) is 3.15. The van der Waals surface area contributed by atoms with Gasteiger partial charge in [-0.15, -0.1) is 0 Å². The van der Waals surface area contributed by atoms with Gasteiger partial charge in [-0.05, 0) is 32.8 Å². The van der Waals surface area contributed by atoms with Crippen molar-refractivity contribution in [3.63, 3.8) is 0 Å². The molecule has 8 heteroatoms. The Morgan fingerprint density at radius 1 is 1.33 bits per heavy atom. The molecule has 1 saturated heterocycles. The highest BCUT2D eigenvalue weighted by molar-refractivity contribution is 5.99. The number of fused-ring (bicyclic) bond motifs is 1. The molecule has 3 heterocycles. The Morgan fingerprint density at radius 2 is 2.04 bits per heavy atom. The summed E-state index contributed by atoms with van der Waals surface area (Å²) in [5.41, 5.74) is 8.08. The minimum absolute atomic E-state index is 0.0856. The summed E-state index contributed by atoms with van der Waals surface area (Å²) >= 11 is 0. The molecule has 0 aliphatic carbocycles. The van der Waals surface area contributed by atoms with Gasteiger partial charge in [-0.1, -0.05) is 0 Å². The molecule has 128 valence electrons. The summed E-state index contributed by atoms with van der Waals surface area (Å²) in [5, 5.41) is 7.30. The first-order valence-electron chi connectivity index (χ1n) is 8.07. The van der Waals surface area contributed by atoms with Gasteiger partial charge in [-0.25, -0.2) is 9.50 Å². The molecule has 1 aliphatic rings.